The number of rotatable bonds is 9. The molecule has 1 fully saturated rings. The van der Waals surface area contributed by atoms with E-state index in [0.717, 1.165) is 4.47 Å². The first-order chi connectivity index (χ1) is 21.2. The molecular weight excluding hydrogens is 710 g/mol. The van der Waals surface area contributed by atoms with Crippen LogP contribution < -0.4 is 20.3 Å². The number of thioether (sulfide) groups is 1. The van der Waals surface area contributed by atoms with Crippen molar-refractivity contribution in [2.24, 2.45) is 0 Å². The van der Waals surface area contributed by atoms with Crippen LogP contribution in [0.3, 0.4) is 0 Å². The van der Waals surface area contributed by atoms with Gasteiger partial charge in [0.15, 0.2) is 0 Å². The summed E-state index contributed by atoms with van der Waals surface area (Å²) in [5.74, 6) is -0.927. The summed E-state index contributed by atoms with van der Waals surface area (Å²) in [5.41, 5.74) is 2.05. The Balaban J connectivity index is 1.34. The Labute approximate surface area is 275 Å². The second kappa shape index (κ2) is 14.1. The molecule has 222 valence electrons. The minimum atomic E-state index is -0.605. The predicted octanol–water partition coefficient (Wildman–Crippen LogP) is 7.05. The average Bonchev–Trinajstić information content (AvgIpc) is 3.29. The van der Waals surface area contributed by atoms with Crippen molar-refractivity contribution in [1.29, 1.82) is 0 Å². The normalized spacial score (nSPS) is 14.8. The van der Waals surface area contributed by atoms with E-state index in [1.807, 2.05) is 6.07 Å². The lowest BCUT2D eigenvalue weighted by molar-refractivity contribution is -0.121. The van der Waals surface area contributed by atoms with E-state index < -0.39 is 17.1 Å². The number of amides is 4. The standard InChI is InChI=1S/C33H25Br2N3O5S/c1-43-28-15-10-20(16-26(28)35)17-27(37-31(40)21-6-3-2-4-7-21)32(41)36-23-8-5-9-25(18-23)44-29-19-30(39)38(33(29)42)24-13-11-22(34)12-14-24/h2-18,29H,19H2,1H3,(H,36,41)(H,37,40)/b27-17-/t29-/m0/s1. The summed E-state index contributed by atoms with van der Waals surface area (Å²) in [6.45, 7) is 0. The van der Waals surface area contributed by atoms with Crippen molar-refractivity contribution in [3.8, 4) is 5.75 Å². The van der Waals surface area contributed by atoms with Gasteiger partial charge in [-0.3, -0.25) is 19.2 Å². The Morgan fingerprint density at radius 1 is 0.932 bits per heavy atom. The lowest BCUT2D eigenvalue weighted by Gasteiger charge is -2.15. The smallest absolute Gasteiger partial charge is 0.272 e. The van der Waals surface area contributed by atoms with Crippen molar-refractivity contribution in [2.45, 2.75) is 16.6 Å². The summed E-state index contributed by atoms with van der Waals surface area (Å²) < 4.78 is 6.83. The summed E-state index contributed by atoms with van der Waals surface area (Å²) in [4.78, 5) is 54.3. The first-order valence-electron chi connectivity index (χ1n) is 13.3. The number of nitrogens with zero attached hydrogens (tertiary/aromatic N) is 1. The third-order valence-corrected chi connectivity index (χ3v) is 8.90. The van der Waals surface area contributed by atoms with E-state index in [1.165, 1.54) is 16.7 Å². The molecule has 1 aliphatic heterocycles. The molecule has 4 aromatic rings. The maximum Gasteiger partial charge on any atom is 0.272 e. The number of hydrogen-bond donors (Lipinski definition) is 2. The highest BCUT2D eigenvalue weighted by molar-refractivity contribution is 9.10. The number of ether oxygens (including phenoxy) is 1. The van der Waals surface area contributed by atoms with E-state index in [-0.39, 0.29) is 23.9 Å². The largest absolute Gasteiger partial charge is 0.496 e. The van der Waals surface area contributed by atoms with Crippen LogP contribution in [-0.2, 0) is 14.4 Å². The number of halogens is 2. The molecule has 1 heterocycles. The van der Waals surface area contributed by atoms with Gasteiger partial charge in [-0.2, -0.15) is 0 Å². The zero-order valence-electron chi connectivity index (χ0n) is 23.3. The molecule has 0 aromatic heterocycles. The van der Waals surface area contributed by atoms with Crippen molar-refractivity contribution in [1.82, 2.24) is 5.32 Å². The highest BCUT2D eigenvalue weighted by atomic mass is 79.9. The van der Waals surface area contributed by atoms with Crippen LogP contribution in [0.4, 0.5) is 11.4 Å². The van der Waals surface area contributed by atoms with Gasteiger partial charge in [0.2, 0.25) is 11.8 Å². The molecule has 0 bridgehead atoms. The van der Waals surface area contributed by atoms with Crippen LogP contribution in [0.2, 0.25) is 0 Å². The molecule has 2 N–H and O–H groups in total. The molecule has 0 unspecified atom stereocenters. The van der Waals surface area contributed by atoms with Crippen molar-refractivity contribution in [3.05, 3.63) is 123 Å². The lowest BCUT2D eigenvalue weighted by atomic mass is 10.1. The van der Waals surface area contributed by atoms with E-state index in [0.29, 0.717) is 37.6 Å². The number of benzene rings is 4. The van der Waals surface area contributed by atoms with Gasteiger partial charge in [0.25, 0.3) is 11.8 Å². The second-order valence-corrected chi connectivity index (χ2v) is 12.7. The summed E-state index contributed by atoms with van der Waals surface area (Å²) in [6.07, 6.45) is 1.63. The molecule has 0 radical (unpaired) electrons. The molecule has 1 saturated heterocycles. The molecule has 44 heavy (non-hydrogen) atoms. The quantitative estimate of drug-likeness (QED) is 0.141. The van der Waals surface area contributed by atoms with Crippen molar-refractivity contribution >= 4 is 84.7 Å². The van der Waals surface area contributed by atoms with Crippen LogP contribution in [0.1, 0.15) is 22.3 Å². The number of carbonyl (C=O) groups excluding carboxylic acids is 4. The van der Waals surface area contributed by atoms with Gasteiger partial charge in [-0.05, 0) is 94.3 Å². The van der Waals surface area contributed by atoms with Gasteiger partial charge in [0.05, 0.1) is 22.5 Å². The van der Waals surface area contributed by atoms with Crippen LogP contribution in [0.25, 0.3) is 6.08 Å². The van der Waals surface area contributed by atoms with Crippen LogP contribution in [0.5, 0.6) is 5.75 Å². The number of anilines is 2. The SMILES string of the molecule is COc1ccc(/C=C(\NC(=O)c2ccccc2)C(=O)Nc2cccc(S[C@H]3CC(=O)N(c4ccc(Br)cc4)C3=O)c2)cc1Br. The minimum absolute atomic E-state index is 0.0238. The van der Waals surface area contributed by atoms with E-state index >= 15 is 0 Å². The van der Waals surface area contributed by atoms with Gasteiger partial charge in [0, 0.05) is 27.0 Å². The van der Waals surface area contributed by atoms with Crippen molar-refractivity contribution in [2.75, 3.05) is 17.3 Å². The maximum absolute atomic E-state index is 13.5. The first-order valence-corrected chi connectivity index (χ1v) is 15.8. The number of methoxy groups -OCH3 is 1. The molecule has 11 heteroatoms. The Morgan fingerprint density at radius 3 is 2.39 bits per heavy atom. The Kier molecular flexibility index (Phi) is 9.99. The van der Waals surface area contributed by atoms with E-state index in [9.17, 15) is 19.2 Å². The van der Waals surface area contributed by atoms with Gasteiger partial charge in [0.1, 0.15) is 11.4 Å². The number of nitrogens with one attached hydrogen (secondary N) is 2. The summed E-state index contributed by atoms with van der Waals surface area (Å²) in [7, 11) is 1.56. The average molecular weight is 735 g/mol. The molecule has 4 amide bonds. The zero-order valence-corrected chi connectivity index (χ0v) is 27.2. The minimum Gasteiger partial charge on any atom is -0.496 e. The van der Waals surface area contributed by atoms with Crippen LogP contribution in [0, 0.1) is 0 Å². The fourth-order valence-electron chi connectivity index (χ4n) is 4.45. The monoisotopic (exact) mass is 733 g/mol. The number of carbonyl (C=O) groups is 4. The van der Waals surface area contributed by atoms with E-state index in [1.54, 1.807) is 104 Å². The second-order valence-electron chi connectivity index (χ2n) is 9.61. The summed E-state index contributed by atoms with van der Waals surface area (Å²) in [6, 6.07) is 27.9. The Bertz CT molecular complexity index is 1760. The van der Waals surface area contributed by atoms with Gasteiger partial charge in [-0.1, -0.05) is 46.3 Å². The third-order valence-electron chi connectivity index (χ3n) is 6.58. The van der Waals surface area contributed by atoms with Gasteiger partial charge < -0.3 is 15.4 Å². The molecule has 1 aliphatic rings. The van der Waals surface area contributed by atoms with Crippen LogP contribution in [-0.4, -0.2) is 36.0 Å². The predicted molar refractivity (Wildman–Crippen MR) is 179 cm³/mol. The molecule has 0 aliphatic carbocycles. The number of hydrogen-bond acceptors (Lipinski definition) is 6. The van der Waals surface area contributed by atoms with Crippen LogP contribution in [0.15, 0.2) is 117 Å². The van der Waals surface area contributed by atoms with Crippen LogP contribution >= 0.6 is 43.6 Å². The molecule has 0 saturated carbocycles. The molecular formula is C33H25Br2N3O5S. The van der Waals surface area contributed by atoms with Gasteiger partial charge >= 0.3 is 0 Å². The topological polar surface area (TPSA) is 105 Å². The Hall–Kier alpha value is -4.19. The maximum atomic E-state index is 13.5. The zero-order chi connectivity index (χ0) is 31.2. The highest BCUT2D eigenvalue weighted by Gasteiger charge is 2.40. The molecule has 1 atom stereocenters. The molecule has 8 nitrogen and oxygen atoms in total. The van der Waals surface area contributed by atoms with Gasteiger partial charge in [-0.25, -0.2) is 4.90 Å². The lowest BCUT2D eigenvalue weighted by Crippen LogP contribution is -2.31. The summed E-state index contributed by atoms with van der Waals surface area (Å²) >= 11 is 8.08. The third kappa shape index (κ3) is 7.47. The fourth-order valence-corrected chi connectivity index (χ4v) is 6.38. The van der Waals surface area contributed by atoms with Gasteiger partial charge in [-0.15, -0.1) is 11.8 Å². The number of imide groups is 1. The van der Waals surface area contributed by atoms with Crippen molar-refractivity contribution < 1.29 is 23.9 Å². The fraction of sp³-hybridized carbons (Fsp3) is 0.0909. The van der Waals surface area contributed by atoms with Crippen molar-refractivity contribution in [3.63, 3.8) is 0 Å². The van der Waals surface area contributed by atoms with E-state index in [4.69, 9.17) is 4.74 Å². The van der Waals surface area contributed by atoms with E-state index in [2.05, 4.69) is 42.5 Å². The molecule has 0 spiro atoms. The highest BCUT2D eigenvalue weighted by Crippen LogP contribution is 2.35. The molecule has 5 rings (SSSR count). The first kappa shape index (κ1) is 31.2. The molecule has 4 aromatic carbocycles. The summed E-state index contributed by atoms with van der Waals surface area (Å²) in [5, 5.41) is 4.96. The Morgan fingerprint density at radius 2 is 1.68 bits per heavy atom.